The average Bonchev–Trinajstić information content (AvgIpc) is 3.23. The van der Waals surface area contributed by atoms with Crippen molar-refractivity contribution in [3.05, 3.63) is 42.0 Å². The second-order valence-corrected chi connectivity index (χ2v) is 6.26. The van der Waals surface area contributed by atoms with Crippen LogP contribution in [-0.2, 0) is 17.0 Å². The second-order valence-electron chi connectivity index (χ2n) is 5.32. The molecule has 0 radical (unpaired) electrons. The van der Waals surface area contributed by atoms with Crippen molar-refractivity contribution >= 4 is 11.8 Å². The lowest BCUT2D eigenvalue weighted by atomic mass is 10.1. The van der Waals surface area contributed by atoms with Gasteiger partial charge in [0.05, 0.1) is 5.75 Å². The number of nitrogens with zero attached hydrogens (tertiary/aromatic N) is 5. The molecule has 0 N–H and O–H groups in total. The van der Waals surface area contributed by atoms with Crippen molar-refractivity contribution < 1.29 is 9.26 Å². The fourth-order valence-corrected chi connectivity index (χ4v) is 2.93. The Morgan fingerprint density at radius 3 is 2.88 bits per heavy atom. The van der Waals surface area contributed by atoms with Crippen LogP contribution in [-0.4, -0.2) is 38.6 Å². The summed E-state index contributed by atoms with van der Waals surface area (Å²) in [6.45, 7) is 3.58. The number of aromatic nitrogens is 5. The van der Waals surface area contributed by atoms with E-state index >= 15 is 0 Å². The van der Waals surface area contributed by atoms with Crippen LogP contribution in [0.3, 0.4) is 0 Å². The van der Waals surface area contributed by atoms with E-state index < -0.39 is 0 Å². The normalized spacial score (nSPS) is 11.1. The predicted molar refractivity (Wildman–Crippen MR) is 90.5 cm³/mol. The van der Waals surface area contributed by atoms with E-state index in [0.717, 1.165) is 23.7 Å². The van der Waals surface area contributed by atoms with Crippen molar-refractivity contribution in [1.82, 2.24) is 24.9 Å². The van der Waals surface area contributed by atoms with E-state index in [9.17, 15) is 0 Å². The molecule has 126 valence electrons. The van der Waals surface area contributed by atoms with Crippen LogP contribution in [0.4, 0.5) is 0 Å². The topological polar surface area (TPSA) is 78.9 Å². The van der Waals surface area contributed by atoms with Crippen LogP contribution in [0.5, 0.6) is 0 Å². The highest BCUT2D eigenvalue weighted by molar-refractivity contribution is 7.98. The van der Waals surface area contributed by atoms with Gasteiger partial charge in [0.15, 0.2) is 5.16 Å². The van der Waals surface area contributed by atoms with E-state index in [1.807, 2.05) is 35.8 Å². The van der Waals surface area contributed by atoms with Crippen LogP contribution in [0, 0.1) is 6.92 Å². The van der Waals surface area contributed by atoms with Crippen molar-refractivity contribution in [2.75, 3.05) is 13.7 Å². The van der Waals surface area contributed by atoms with Gasteiger partial charge < -0.3 is 13.8 Å². The molecule has 3 aromatic rings. The third-order valence-corrected chi connectivity index (χ3v) is 4.40. The highest BCUT2D eigenvalue weighted by Crippen LogP contribution is 2.22. The minimum Gasteiger partial charge on any atom is -0.385 e. The Labute approximate surface area is 144 Å². The van der Waals surface area contributed by atoms with Crippen molar-refractivity contribution in [2.24, 2.45) is 0 Å². The maximum atomic E-state index is 5.33. The van der Waals surface area contributed by atoms with Crippen molar-refractivity contribution in [3.63, 3.8) is 0 Å². The van der Waals surface area contributed by atoms with Gasteiger partial charge in [-0.05, 0) is 13.3 Å². The molecular weight excluding hydrogens is 326 g/mol. The SMILES string of the molecule is COCCCn1cnnc1SCc1nc(-c2ccc(C)cc2)no1. The lowest BCUT2D eigenvalue weighted by Crippen LogP contribution is -2.02. The lowest BCUT2D eigenvalue weighted by molar-refractivity contribution is 0.189. The molecule has 7 nitrogen and oxygen atoms in total. The Bertz CT molecular complexity index is 769. The molecule has 2 heterocycles. The molecule has 1 aromatic carbocycles. The summed E-state index contributed by atoms with van der Waals surface area (Å²) >= 11 is 1.53. The van der Waals surface area contributed by atoms with Gasteiger partial charge in [-0.15, -0.1) is 10.2 Å². The van der Waals surface area contributed by atoms with Crippen LogP contribution in [0.25, 0.3) is 11.4 Å². The van der Waals surface area contributed by atoms with Crippen LogP contribution in [0.1, 0.15) is 17.9 Å². The molecule has 0 bridgehead atoms. The van der Waals surface area contributed by atoms with Gasteiger partial charge >= 0.3 is 0 Å². The fraction of sp³-hybridized carbons (Fsp3) is 0.375. The molecule has 2 aromatic heterocycles. The Hall–Kier alpha value is -2.19. The zero-order valence-electron chi connectivity index (χ0n) is 13.7. The molecule has 8 heteroatoms. The molecule has 0 unspecified atom stereocenters. The minimum atomic E-state index is 0.557. The number of ether oxygens (including phenoxy) is 1. The summed E-state index contributed by atoms with van der Waals surface area (Å²) in [4.78, 5) is 4.44. The van der Waals surface area contributed by atoms with Gasteiger partial charge in [-0.1, -0.05) is 46.7 Å². The first-order valence-corrected chi connectivity index (χ1v) is 8.64. The molecule has 0 saturated heterocycles. The summed E-state index contributed by atoms with van der Waals surface area (Å²) in [7, 11) is 1.70. The molecule has 0 aliphatic carbocycles. The maximum Gasteiger partial charge on any atom is 0.237 e. The van der Waals surface area contributed by atoms with Gasteiger partial charge in [0.1, 0.15) is 6.33 Å². The van der Waals surface area contributed by atoms with Gasteiger partial charge in [-0.3, -0.25) is 0 Å². The van der Waals surface area contributed by atoms with E-state index in [1.165, 1.54) is 17.3 Å². The second kappa shape index (κ2) is 8.07. The number of hydrogen-bond donors (Lipinski definition) is 0. The number of methoxy groups -OCH3 is 1. The summed E-state index contributed by atoms with van der Waals surface area (Å²) in [5.74, 6) is 1.73. The van der Waals surface area contributed by atoms with Crippen LogP contribution in [0.2, 0.25) is 0 Å². The number of thioether (sulfide) groups is 1. The molecule has 0 amide bonds. The molecule has 0 aliphatic rings. The first-order chi connectivity index (χ1) is 11.8. The first kappa shape index (κ1) is 16.7. The quantitative estimate of drug-likeness (QED) is 0.459. The van der Waals surface area contributed by atoms with Crippen molar-refractivity contribution in [3.8, 4) is 11.4 Å². The van der Waals surface area contributed by atoms with Gasteiger partial charge in [0.2, 0.25) is 11.7 Å². The van der Waals surface area contributed by atoms with E-state index in [1.54, 1.807) is 13.4 Å². The highest BCUT2D eigenvalue weighted by atomic mass is 32.2. The molecule has 3 rings (SSSR count). The van der Waals surface area contributed by atoms with E-state index in [4.69, 9.17) is 9.26 Å². The van der Waals surface area contributed by atoms with Gasteiger partial charge in [0.25, 0.3) is 0 Å². The molecule has 0 spiro atoms. The third-order valence-electron chi connectivity index (χ3n) is 3.43. The highest BCUT2D eigenvalue weighted by Gasteiger charge is 2.11. The van der Waals surface area contributed by atoms with Gasteiger partial charge in [-0.2, -0.15) is 4.98 Å². The summed E-state index contributed by atoms with van der Waals surface area (Å²) in [5, 5.41) is 13.0. The monoisotopic (exact) mass is 345 g/mol. The fourth-order valence-electron chi connectivity index (χ4n) is 2.15. The third kappa shape index (κ3) is 4.21. The van der Waals surface area contributed by atoms with Crippen molar-refractivity contribution in [2.45, 2.75) is 30.8 Å². The number of aryl methyl sites for hydroxylation is 2. The summed E-state index contributed by atoms with van der Waals surface area (Å²) < 4.78 is 12.4. The predicted octanol–water partition coefficient (Wildman–Crippen LogP) is 2.97. The smallest absolute Gasteiger partial charge is 0.237 e. The molecule has 24 heavy (non-hydrogen) atoms. The summed E-state index contributed by atoms with van der Waals surface area (Å²) in [6.07, 6.45) is 2.64. The molecule has 0 aliphatic heterocycles. The number of benzene rings is 1. The molecule has 0 atom stereocenters. The van der Waals surface area contributed by atoms with Crippen LogP contribution in [0.15, 0.2) is 40.3 Å². The van der Waals surface area contributed by atoms with E-state index in [-0.39, 0.29) is 0 Å². The van der Waals surface area contributed by atoms with Gasteiger partial charge in [0, 0.05) is 25.8 Å². The lowest BCUT2D eigenvalue weighted by Gasteiger charge is -2.04. The van der Waals surface area contributed by atoms with Crippen LogP contribution < -0.4 is 0 Å². The van der Waals surface area contributed by atoms with E-state index in [2.05, 4.69) is 20.3 Å². The minimum absolute atomic E-state index is 0.557. The molecule has 0 saturated carbocycles. The largest absolute Gasteiger partial charge is 0.385 e. The molecular formula is C16H19N5O2S. The van der Waals surface area contributed by atoms with Crippen molar-refractivity contribution in [1.29, 1.82) is 0 Å². The zero-order chi connectivity index (χ0) is 16.8. The Morgan fingerprint density at radius 2 is 2.08 bits per heavy atom. The summed E-state index contributed by atoms with van der Waals surface area (Å²) in [5.41, 5.74) is 2.15. The summed E-state index contributed by atoms with van der Waals surface area (Å²) in [6, 6.07) is 8.04. The van der Waals surface area contributed by atoms with Crippen LogP contribution >= 0.6 is 11.8 Å². The number of hydrogen-bond acceptors (Lipinski definition) is 7. The maximum absolute atomic E-state index is 5.33. The standard InChI is InChI=1S/C16H19N5O2S/c1-12-4-6-13(7-5-12)15-18-14(23-20-15)10-24-16-19-17-11-21(16)8-3-9-22-2/h4-7,11H,3,8-10H2,1-2H3. The Kier molecular flexibility index (Phi) is 5.60. The first-order valence-electron chi connectivity index (χ1n) is 7.65. The Morgan fingerprint density at radius 1 is 1.25 bits per heavy atom. The average molecular weight is 345 g/mol. The van der Waals surface area contributed by atoms with E-state index in [0.29, 0.717) is 24.1 Å². The zero-order valence-corrected chi connectivity index (χ0v) is 14.5. The Balaban J connectivity index is 1.60. The molecule has 0 fully saturated rings. The number of rotatable bonds is 8. The van der Waals surface area contributed by atoms with Gasteiger partial charge in [-0.25, -0.2) is 0 Å².